The Hall–Kier alpha value is -3.06. The van der Waals surface area contributed by atoms with Gasteiger partial charge in [0.2, 0.25) is 0 Å². The number of amides is 1. The molecule has 0 radical (unpaired) electrons. The van der Waals surface area contributed by atoms with Crippen LogP contribution < -0.4 is 5.32 Å². The number of rotatable bonds is 5. The zero-order valence-electron chi connectivity index (χ0n) is 14.2. The van der Waals surface area contributed by atoms with Gasteiger partial charge < -0.3 is 10.1 Å². The Balaban J connectivity index is 1.45. The predicted octanol–water partition coefficient (Wildman–Crippen LogP) is 1.65. The third-order valence-corrected chi connectivity index (χ3v) is 4.59. The number of pyridine rings is 1. The molecule has 132 valence electrons. The number of benzene rings is 1. The summed E-state index contributed by atoms with van der Waals surface area (Å²) in [5, 5.41) is 10.7. The summed E-state index contributed by atoms with van der Waals surface area (Å²) in [6, 6.07) is 11.4. The lowest BCUT2D eigenvalue weighted by molar-refractivity contribution is 0.0925. The normalized spacial score (nSPS) is 19.4. The summed E-state index contributed by atoms with van der Waals surface area (Å²) in [5.74, 6) is 0.150. The van der Waals surface area contributed by atoms with Crippen LogP contribution in [0.4, 0.5) is 0 Å². The van der Waals surface area contributed by atoms with E-state index in [9.17, 15) is 4.79 Å². The molecule has 0 aliphatic carbocycles. The van der Waals surface area contributed by atoms with Crippen LogP contribution in [0.25, 0.3) is 5.69 Å². The lowest BCUT2D eigenvalue weighted by Gasteiger charge is -2.19. The quantitative estimate of drug-likeness (QED) is 0.757. The van der Waals surface area contributed by atoms with Gasteiger partial charge in [-0.2, -0.15) is 0 Å². The highest BCUT2D eigenvalue weighted by Crippen LogP contribution is 2.20. The fraction of sp³-hybridized carbons (Fsp3) is 0.263. The van der Waals surface area contributed by atoms with E-state index in [2.05, 4.69) is 20.5 Å². The van der Waals surface area contributed by atoms with Crippen LogP contribution in [0.1, 0.15) is 15.9 Å². The van der Waals surface area contributed by atoms with Crippen molar-refractivity contribution >= 4 is 5.91 Å². The fourth-order valence-corrected chi connectivity index (χ4v) is 3.17. The molecule has 4 rings (SSSR count). The molecule has 1 aliphatic rings. The van der Waals surface area contributed by atoms with Crippen molar-refractivity contribution in [3.8, 4) is 5.69 Å². The van der Waals surface area contributed by atoms with Crippen molar-refractivity contribution in [3.63, 3.8) is 0 Å². The zero-order valence-corrected chi connectivity index (χ0v) is 14.2. The number of ether oxygens (including phenoxy) is 1. The first-order chi connectivity index (χ1) is 12.8. The maximum atomic E-state index is 12.7. The van der Waals surface area contributed by atoms with E-state index in [0.717, 1.165) is 12.1 Å². The Bertz CT molecular complexity index is 867. The second kappa shape index (κ2) is 7.45. The third-order valence-electron chi connectivity index (χ3n) is 4.59. The van der Waals surface area contributed by atoms with Crippen LogP contribution >= 0.6 is 0 Å². The van der Waals surface area contributed by atoms with Gasteiger partial charge in [0.25, 0.3) is 5.91 Å². The zero-order chi connectivity index (χ0) is 17.8. The SMILES string of the molecule is O=C(N[C@H]1COC[C@H]1Cc1ccncc1)c1cccc(-n2cnnc2)c1. The highest BCUT2D eigenvalue weighted by atomic mass is 16.5. The minimum atomic E-state index is -0.102. The summed E-state index contributed by atoms with van der Waals surface area (Å²) >= 11 is 0. The Labute approximate surface area is 151 Å². The molecule has 0 saturated carbocycles. The van der Waals surface area contributed by atoms with Gasteiger partial charge in [-0.25, -0.2) is 0 Å². The van der Waals surface area contributed by atoms with Crippen LogP contribution in [-0.4, -0.2) is 44.9 Å². The number of hydrogen-bond donors (Lipinski definition) is 1. The highest BCUT2D eigenvalue weighted by molar-refractivity contribution is 5.95. The van der Waals surface area contributed by atoms with E-state index in [4.69, 9.17) is 4.74 Å². The Kier molecular flexibility index (Phi) is 4.70. The average Bonchev–Trinajstić information content (AvgIpc) is 3.35. The monoisotopic (exact) mass is 349 g/mol. The second-order valence-electron chi connectivity index (χ2n) is 6.36. The molecule has 0 bridgehead atoms. The first-order valence-corrected chi connectivity index (χ1v) is 8.52. The first-order valence-electron chi connectivity index (χ1n) is 8.52. The fourth-order valence-electron chi connectivity index (χ4n) is 3.17. The van der Waals surface area contributed by atoms with Crippen LogP contribution in [0.3, 0.4) is 0 Å². The lowest BCUT2D eigenvalue weighted by Crippen LogP contribution is -2.40. The van der Waals surface area contributed by atoms with Crippen LogP contribution in [0, 0.1) is 5.92 Å². The van der Waals surface area contributed by atoms with Gasteiger partial charge in [0.1, 0.15) is 12.7 Å². The lowest BCUT2D eigenvalue weighted by atomic mass is 9.95. The molecule has 26 heavy (non-hydrogen) atoms. The minimum Gasteiger partial charge on any atom is -0.379 e. The largest absolute Gasteiger partial charge is 0.379 e. The van der Waals surface area contributed by atoms with Gasteiger partial charge in [0.05, 0.1) is 19.3 Å². The summed E-state index contributed by atoms with van der Waals surface area (Å²) in [6.45, 7) is 1.18. The van der Waals surface area contributed by atoms with Crippen molar-refractivity contribution in [2.75, 3.05) is 13.2 Å². The molecule has 1 fully saturated rings. The standard InChI is InChI=1S/C19H19N5O2/c25-19(15-2-1-3-17(9-15)24-12-21-22-13-24)23-18-11-26-10-16(18)8-14-4-6-20-7-5-14/h1-7,9,12-13,16,18H,8,10-11H2,(H,23,25)/t16-,18+/m1/s1. The molecule has 7 nitrogen and oxygen atoms in total. The summed E-state index contributed by atoms with van der Waals surface area (Å²) < 4.78 is 7.38. The molecule has 3 heterocycles. The summed E-state index contributed by atoms with van der Waals surface area (Å²) in [6.07, 6.45) is 7.64. The number of nitrogens with one attached hydrogen (secondary N) is 1. The molecular formula is C19H19N5O2. The van der Waals surface area contributed by atoms with E-state index in [1.54, 1.807) is 35.7 Å². The van der Waals surface area contributed by atoms with E-state index in [1.807, 2.05) is 30.3 Å². The number of nitrogens with zero attached hydrogens (tertiary/aromatic N) is 4. The summed E-state index contributed by atoms with van der Waals surface area (Å²) in [7, 11) is 0. The van der Waals surface area contributed by atoms with Gasteiger partial charge in [0, 0.05) is 29.6 Å². The topological polar surface area (TPSA) is 81.9 Å². The molecule has 2 atom stereocenters. The Morgan fingerprint density at radius 3 is 2.77 bits per heavy atom. The number of carbonyl (C=O) groups excluding carboxylic acids is 1. The molecule has 1 aliphatic heterocycles. The first kappa shape index (κ1) is 16.4. The van der Waals surface area contributed by atoms with Crippen LogP contribution in [0.2, 0.25) is 0 Å². The molecule has 0 spiro atoms. The third kappa shape index (κ3) is 3.62. The van der Waals surface area contributed by atoms with Crippen molar-refractivity contribution < 1.29 is 9.53 Å². The van der Waals surface area contributed by atoms with Crippen LogP contribution in [0.15, 0.2) is 61.4 Å². The molecule has 1 aromatic carbocycles. The highest BCUT2D eigenvalue weighted by Gasteiger charge is 2.30. The Morgan fingerprint density at radius 1 is 1.15 bits per heavy atom. The maximum absolute atomic E-state index is 12.7. The van der Waals surface area contributed by atoms with Crippen molar-refractivity contribution in [2.45, 2.75) is 12.5 Å². The van der Waals surface area contributed by atoms with Gasteiger partial charge >= 0.3 is 0 Å². The number of carbonyl (C=O) groups is 1. The minimum absolute atomic E-state index is 0.00534. The molecule has 7 heteroatoms. The molecule has 1 N–H and O–H groups in total. The average molecular weight is 349 g/mol. The predicted molar refractivity (Wildman–Crippen MR) is 94.9 cm³/mol. The van der Waals surface area contributed by atoms with Gasteiger partial charge in [-0.3, -0.25) is 14.3 Å². The Morgan fingerprint density at radius 2 is 1.96 bits per heavy atom. The number of aromatic nitrogens is 4. The van der Waals surface area contributed by atoms with E-state index < -0.39 is 0 Å². The van der Waals surface area contributed by atoms with E-state index in [1.165, 1.54) is 5.56 Å². The van der Waals surface area contributed by atoms with Crippen LogP contribution in [0.5, 0.6) is 0 Å². The van der Waals surface area contributed by atoms with Gasteiger partial charge in [-0.15, -0.1) is 10.2 Å². The molecule has 3 aromatic rings. The number of hydrogen-bond acceptors (Lipinski definition) is 5. The molecular weight excluding hydrogens is 330 g/mol. The van der Waals surface area contributed by atoms with Gasteiger partial charge in [-0.05, 0) is 42.3 Å². The van der Waals surface area contributed by atoms with Crippen molar-refractivity contribution in [2.24, 2.45) is 5.92 Å². The molecule has 1 amide bonds. The summed E-state index contributed by atoms with van der Waals surface area (Å²) in [4.78, 5) is 16.7. The van der Waals surface area contributed by atoms with Crippen molar-refractivity contribution in [1.29, 1.82) is 0 Å². The smallest absolute Gasteiger partial charge is 0.251 e. The molecule has 2 aromatic heterocycles. The van der Waals surface area contributed by atoms with Crippen molar-refractivity contribution in [1.82, 2.24) is 25.1 Å². The van der Waals surface area contributed by atoms with Crippen LogP contribution in [-0.2, 0) is 11.2 Å². The summed E-state index contributed by atoms with van der Waals surface area (Å²) in [5.41, 5.74) is 2.65. The van der Waals surface area contributed by atoms with Gasteiger partial charge in [0.15, 0.2) is 0 Å². The molecule has 0 unspecified atom stereocenters. The van der Waals surface area contributed by atoms with Crippen molar-refractivity contribution in [3.05, 3.63) is 72.6 Å². The van der Waals surface area contributed by atoms with Gasteiger partial charge in [-0.1, -0.05) is 6.07 Å². The van der Waals surface area contributed by atoms with E-state index >= 15 is 0 Å². The molecule has 1 saturated heterocycles. The maximum Gasteiger partial charge on any atom is 0.251 e. The second-order valence-corrected chi connectivity index (χ2v) is 6.36. The van der Waals surface area contributed by atoms with E-state index in [0.29, 0.717) is 18.8 Å². The van der Waals surface area contributed by atoms with E-state index in [-0.39, 0.29) is 17.9 Å².